The Kier molecular flexibility index (Phi) is 5.04. The van der Waals surface area contributed by atoms with Crippen LogP contribution >= 0.6 is 15.9 Å². The summed E-state index contributed by atoms with van der Waals surface area (Å²) in [6.07, 6.45) is -5.75. The predicted octanol–water partition coefficient (Wildman–Crippen LogP) is 3.88. The Balaban J connectivity index is 2.79. The highest BCUT2D eigenvalue weighted by atomic mass is 79.9. The van der Waals surface area contributed by atoms with Gasteiger partial charge in [-0.05, 0) is 24.6 Å². The number of methoxy groups -OCH3 is 1. The number of aryl methyl sites for hydroxylation is 1. The molecule has 1 aromatic rings. The van der Waals surface area contributed by atoms with Crippen LogP contribution in [0.25, 0.3) is 0 Å². The summed E-state index contributed by atoms with van der Waals surface area (Å²) in [4.78, 5) is 11.3. The zero-order valence-corrected chi connectivity index (χ0v) is 11.7. The fourth-order valence-electron chi connectivity index (χ4n) is 1.32. The Morgan fingerprint density at radius 2 is 2.05 bits per heavy atom. The van der Waals surface area contributed by atoms with Crippen molar-refractivity contribution >= 4 is 27.7 Å². The number of carbonyl (C=O) groups excluding carboxylic acids is 1. The van der Waals surface area contributed by atoms with Gasteiger partial charge in [-0.15, -0.1) is 0 Å². The molecule has 19 heavy (non-hydrogen) atoms. The molecule has 0 spiro atoms. The summed E-state index contributed by atoms with van der Waals surface area (Å²) in [6.45, 7) is 0.0311. The van der Waals surface area contributed by atoms with E-state index in [1.54, 1.807) is 19.1 Å². The average molecular weight is 342 g/mol. The highest BCUT2D eigenvalue weighted by Crippen LogP contribution is 2.32. The van der Waals surface area contributed by atoms with Crippen molar-refractivity contribution in [2.24, 2.45) is 0 Å². The van der Waals surface area contributed by atoms with E-state index < -0.39 is 18.9 Å². The molecule has 0 fully saturated rings. The Morgan fingerprint density at radius 3 is 2.58 bits per heavy atom. The lowest BCUT2D eigenvalue weighted by Gasteiger charge is -2.14. The molecule has 0 radical (unpaired) electrons. The van der Waals surface area contributed by atoms with Gasteiger partial charge in [-0.25, -0.2) is 4.79 Å². The molecule has 0 unspecified atom stereocenters. The van der Waals surface area contributed by atoms with Gasteiger partial charge in [0.15, 0.2) is 6.61 Å². The average Bonchev–Trinajstić information content (AvgIpc) is 2.28. The smallest absolute Gasteiger partial charge is 0.422 e. The topological polar surface area (TPSA) is 47.6 Å². The fourth-order valence-corrected chi connectivity index (χ4v) is 1.87. The van der Waals surface area contributed by atoms with E-state index in [9.17, 15) is 18.0 Å². The number of halogens is 4. The molecule has 0 aliphatic rings. The van der Waals surface area contributed by atoms with Crippen LogP contribution in [0, 0.1) is 6.92 Å². The van der Waals surface area contributed by atoms with Gasteiger partial charge >= 0.3 is 12.3 Å². The first-order valence-corrected chi connectivity index (χ1v) is 5.87. The largest absolute Gasteiger partial charge is 0.495 e. The molecule has 0 aliphatic carbocycles. The molecule has 1 amide bonds. The van der Waals surface area contributed by atoms with Gasteiger partial charge < -0.3 is 9.47 Å². The lowest BCUT2D eigenvalue weighted by Crippen LogP contribution is -2.23. The maximum absolute atomic E-state index is 11.9. The van der Waals surface area contributed by atoms with Crippen LogP contribution in [0.3, 0.4) is 0 Å². The van der Waals surface area contributed by atoms with E-state index in [1.807, 2.05) is 0 Å². The van der Waals surface area contributed by atoms with Crippen molar-refractivity contribution in [3.8, 4) is 5.75 Å². The maximum atomic E-state index is 11.9. The van der Waals surface area contributed by atoms with E-state index in [0.717, 1.165) is 4.47 Å². The van der Waals surface area contributed by atoms with Gasteiger partial charge in [0.1, 0.15) is 5.75 Å². The second kappa shape index (κ2) is 6.14. The van der Waals surface area contributed by atoms with Crippen LogP contribution in [-0.4, -0.2) is 26.0 Å². The molecule has 1 rings (SSSR count). The van der Waals surface area contributed by atoms with Gasteiger partial charge in [0.05, 0.1) is 12.8 Å². The molecule has 0 saturated carbocycles. The van der Waals surface area contributed by atoms with E-state index in [1.165, 1.54) is 7.11 Å². The zero-order chi connectivity index (χ0) is 14.6. The van der Waals surface area contributed by atoms with Crippen LogP contribution in [0.1, 0.15) is 5.56 Å². The van der Waals surface area contributed by atoms with Gasteiger partial charge in [0.2, 0.25) is 0 Å². The van der Waals surface area contributed by atoms with Crippen molar-refractivity contribution in [1.82, 2.24) is 0 Å². The fraction of sp³-hybridized carbons (Fsp3) is 0.364. The lowest BCUT2D eigenvalue weighted by molar-refractivity contribution is -0.159. The van der Waals surface area contributed by atoms with Crippen LogP contribution in [0.5, 0.6) is 5.75 Å². The van der Waals surface area contributed by atoms with Gasteiger partial charge in [-0.3, -0.25) is 5.32 Å². The normalized spacial score (nSPS) is 11.1. The van der Waals surface area contributed by atoms with Crippen molar-refractivity contribution < 1.29 is 27.4 Å². The first kappa shape index (κ1) is 15.6. The zero-order valence-electron chi connectivity index (χ0n) is 10.1. The van der Waals surface area contributed by atoms with E-state index in [-0.39, 0.29) is 5.69 Å². The third kappa shape index (κ3) is 4.98. The molecule has 4 nitrogen and oxygen atoms in total. The van der Waals surface area contributed by atoms with Gasteiger partial charge in [0.25, 0.3) is 0 Å². The molecule has 0 bridgehead atoms. The first-order valence-electron chi connectivity index (χ1n) is 5.07. The van der Waals surface area contributed by atoms with Gasteiger partial charge in [0, 0.05) is 4.47 Å². The minimum absolute atomic E-state index is 0.262. The second-order valence-corrected chi connectivity index (χ2v) is 4.53. The van der Waals surface area contributed by atoms with Crippen molar-refractivity contribution in [1.29, 1.82) is 0 Å². The van der Waals surface area contributed by atoms with E-state index in [4.69, 9.17) is 4.74 Å². The molecule has 0 saturated heterocycles. The van der Waals surface area contributed by atoms with Gasteiger partial charge in [-0.2, -0.15) is 13.2 Å². The number of benzene rings is 1. The molecule has 1 N–H and O–H groups in total. The maximum Gasteiger partial charge on any atom is 0.422 e. The summed E-state index contributed by atoms with van der Waals surface area (Å²) in [5.74, 6) is 0.316. The monoisotopic (exact) mass is 341 g/mol. The standard InChI is InChI=1S/C11H11BrF3NO3/c1-6-3-7(12)4-8(18-2)9(6)16-10(17)19-5-11(13,14)15/h3-4H,5H2,1-2H3,(H,16,17). The Hall–Kier alpha value is -1.44. The number of anilines is 1. The summed E-state index contributed by atoms with van der Waals surface area (Å²) < 4.78 is 45.5. The Bertz CT molecular complexity index is 477. The second-order valence-electron chi connectivity index (χ2n) is 3.62. The Labute approximate surface area is 116 Å². The van der Waals surface area contributed by atoms with Crippen LogP contribution in [0.15, 0.2) is 16.6 Å². The summed E-state index contributed by atoms with van der Waals surface area (Å²) in [7, 11) is 1.38. The summed E-state index contributed by atoms with van der Waals surface area (Å²) >= 11 is 3.24. The highest BCUT2D eigenvalue weighted by Gasteiger charge is 2.29. The van der Waals surface area contributed by atoms with Crippen molar-refractivity contribution in [3.63, 3.8) is 0 Å². The van der Waals surface area contributed by atoms with E-state index in [0.29, 0.717) is 11.3 Å². The number of carbonyl (C=O) groups is 1. The van der Waals surface area contributed by atoms with Gasteiger partial charge in [-0.1, -0.05) is 15.9 Å². The SMILES string of the molecule is COc1cc(Br)cc(C)c1NC(=O)OCC(F)(F)F. The van der Waals surface area contributed by atoms with Crippen molar-refractivity contribution in [3.05, 3.63) is 22.2 Å². The molecule has 0 aliphatic heterocycles. The number of hydrogen-bond donors (Lipinski definition) is 1. The molecule has 106 valence electrons. The molecular weight excluding hydrogens is 331 g/mol. The molecule has 0 atom stereocenters. The molecule has 0 aromatic heterocycles. The Morgan fingerprint density at radius 1 is 1.42 bits per heavy atom. The van der Waals surface area contributed by atoms with Crippen LogP contribution in [0.4, 0.5) is 23.7 Å². The molecule has 0 heterocycles. The minimum Gasteiger partial charge on any atom is -0.495 e. The van der Waals surface area contributed by atoms with Crippen LogP contribution in [0.2, 0.25) is 0 Å². The van der Waals surface area contributed by atoms with E-state index in [2.05, 4.69) is 26.0 Å². The van der Waals surface area contributed by atoms with E-state index >= 15 is 0 Å². The third-order valence-corrected chi connectivity index (χ3v) is 2.54. The number of rotatable bonds is 3. The number of amides is 1. The third-order valence-electron chi connectivity index (χ3n) is 2.08. The van der Waals surface area contributed by atoms with Crippen molar-refractivity contribution in [2.45, 2.75) is 13.1 Å². The minimum atomic E-state index is -4.56. The summed E-state index contributed by atoms with van der Waals surface area (Å²) in [5, 5.41) is 2.22. The molecular formula is C11H11BrF3NO3. The molecule has 8 heteroatoms. The highest BCUT2D eigenvalue weighted by molar-refractivity contribution is 9.10. The predicted molar refractivity (Wildman–Crippen MR) is 66.5 cm³/mol. The number of alkyl halides is 3. The van der Waals surface area contributed by atoms with Crippen LogP contribution < -0.4 is 10.1 Å². The quantitative estimate of drug-likeness (QED) is 0.907. The first-order chi connectivity index (χ1) is 8.73. The van der Waals surface area contributed by atoms with Crippen LogP contribution in [-0.2, 0) is 4.74 Å². The summed E-state index contributed by atoms with van der Waals surface area (Å²) in [5.41, 5.74) is 0.882. The molecule has 1 aromatic carbocycles. The number of hydrogen-bond acceptors (Lipinski definition) is 3. The number of ether oxygens (including phenoxy) is 2. The van der Waals surface area contributed by atoms with Crippen molar-refractivity contribution in [2.75, 3.05) is 19.0 Å². The summed E-state index contributed by atoms with van der Waals surface area (Å²) in [6, 6.07) is 3.26. The lowest BCUT2D eigenvalue weighted by atomic mass is 10.2. The number of nitrogens with one attached hydrogen (secondary N) is 1.